The molecule has 0 aliphatic heterocycles. The standard InChI is InChI=1S/C17H18FNO2/c18-16-7-5-14(6-8-16)11-17(21)19-10-9-13-1-3-15(12-20)4-2-13/h1-8,20H,9-12H2,(H,19,21). The van der Waals surface area contributed by atoms with Gasteiger partial charge in [-0.1, -0.05) is 36.4 Å². The van der Waals surface area contributed by atoms with E-state index >= 15 is 0 Å². The van der Waals surface area contributed by atoms with E-state index in [0.29, 0.717) is 6.54 Å². The molecule has 0 aliphatic carbocycles. The fourth-order valence-corrected chi connectivity index (χ4v) is 2.01. The molecule has 4 heteroatoms. The minimum atomic E-state index is -0.300. The quantitative estimate of drug-likeness (QED) is 0.856. The summed E-state index contributed by atoms with van der Waals surface area (Å²) in [5, 5.41) is 11.8. The summed E-state index contributed by atoms with van der Waals surface area (Å²) in [5.41, 5.74) is 2.77. The van der Waals surface area contributed by atoms with Crippen LogP contribution in [0.2, 0.25) is 0 Å². The molecule has 3 nitrogen and oxygen atoms in total. The van der Waals surface area contributed by atoms with Gasteiger partial charge in [-0.15, -0.1) is 0 Å². The molecule has 0 spiro atoms. The third-order valence-electron chi connectivity index (χ3n) is 3.22. The van der Waals surface area contributed by atoms with Gasteiger partial charge in [0, 0.05) is 6.54 Å². The largest absolute Gasteiger partial charge is 0.392 e. The Labute approximate surface area is 123 Å². The fraction of sp³-hybridized carbons (Fsp3) is 0.235. The van der Waals surface area contributed by atoms with Crippen molar-refractivity contribution in [1.29, 1.82) is 0 Å². The second kappa shape index (κ2) is 7.55. The Bertz CT molecular complexity index is 579. The van der Waals surface area contributed by atoms with Crippen molar-refractivity contribution in [2.24, 2.45) is 0 Å². The van der Waals surface area contributed by atoms with E-state index in [4.69, 9.17) is 5.11 Å². The molecule has 2 rings (SSSR count). The van der Waals surface area contributed by atoms with Gasteiger partial charge in [0.2, 0.25) is 5.91 Å². The lowest BCUT2D eigenvalue weighted by atomic mass is 10.1. The number of amides is 1. The molecule has 21 heavy (non-hydrogen) atoms. The minimum Gasteiger partial charge on any atom is -0.392 e. The van der Waals surface area contributed by atoms with Crippen molar-refractivity contribution in [3.63, 3.8) is 0 Å². The highest BCUT2D eigenvalue weighted by Gasteiger charge is 2.03. The summed E-state index contributed by atoms with van der Waals surface area (Å²) in [6.07, 6.45) is 0.991. The Morgan fingerprint density at radius 2 is 1.52 bits per heavy atom. The first-order valence-electron chi connectivity index (χ1n) is 6.87. The van der Waals surface area contributed by atoms with E-state index in [-0.39, 0.29) is 24.8 Å². The zero-order chi connectivity index (χ0) is 15.1. The molecular formula is C17H18FNO2. The van der Waals surface area contributed by atoms with Crippen LogP contribution >= 0.6 is 0 Å². The SMILES string of the molecule is O=C(Cc1ccc(F)cc1)NCCc1ccc(CO)cc1. The predicted molar refractivity (Wildman–Crippen MR) is 79.2 cm³/mol. The van der Waals surface area contributed by atoms with E-state index < -0.39 is 0 Å². The molecule has 2 aromatic carbocycles. The number of aliphatic hydroxyl groups is 1. The molecule has 0 heterocycles. The van der Waals surface area contributed by atoms with Gasteiger partial charge in [0.1, 0.15) is 5.82 Å². The highest BCUT2D eigenvalue weighted by molar-refractivity contribution is 5.78. The van der Waals surface area contributed by atoms with Crippen molar-refractivity contribution in [3.05, 3.63) is 71.0 Å². The fourth-order valence-electron chi connectivity index (χ4n) is 2.01. The van der Waals surface area contributed by atoms with Crippen molar-refractivity contribution in [2.45, 2.75) is 19.4 Å². The van der Waals surface area contributed by atoms with Crippen molar-refractivity contribution in [3.8, 4) is 0 Å². The first kappa shape index (κ1) is 15.2. The monoisotopic (exact) mass is 287 g/mol. The molecular weight excluding hydrogens is 269 g/mol. The van der Waals surface area contributed by atoms with Crippen LogP contribution in [0, 0.1) is 5.82 Å². The third-order valence-corrected chi connectivity index (χ3v) is 3.22. The summed E-state index contributed by atoms with van der Waals surface area (Å²) < 4.78 is 12.8. The lowest BCUT2D eigenvalue weighted by Gasteiger charge is -2.06. The molecule has 0 fully saturated rings. The highest BCUT2D eigenvalue weighted by atomic mass is 19.1. The first-order chi connectivity index (χ1) is 10.2. The van der Waals surface area contributed by atoms with Gasteiger partial charge in [0.25, 0.3) is 0 Å². The van der Waals surface area contributed by atoms with Crippen molar-refractivity contribution < 1.29 is 14.3 Å². The van der Waals surface area contributed by atoms with E-state index in [2.05, 4.69) is 5.32 Å². The number of halogens is 1. The molecule has 110 valence electrons. The molecule has 0 bridgehead atoms. The molecule has 0 atom stereocenters. The zero-order valence-electron chi connectivity index (χ0n) is 11.7. The number of nitrogens with one attached hydrogen (secondary N) is 1. The van der Waals surface area contributed by atoms with Gasteiger partial charge in [-0.3, -0.25) is 4.79 Å². The average Bonchev–Trinajstić information content (AvgIpc) is 2.50. The topological polar surface area (TPSA) is 49.3 Å². The molecule has 0 aliphatic rings. The maximum atomic E-state index is 12.8. The number of hydrogen-bond acceptors (Lipinski definition) is 2. The summed E-state index contributed by atoms with van der Waals surface area (Å²) in [6, 6.07) is 13.6. The molecule has 0 radical (unpaired) electrons. The van der Waals surface area contributed by atoms with Gasteiger partial charge in [0.15, 0.2) is 0 Å². The molecule has 1 amide bonds. The van der Waals surface area contributed by atoms with Crippen molar-refractivity contribution in [2.75, 3.05) is 6.54 Å². The van der Waals surface area contributed by atoms with E-state index in [1.165, 1.54) is 12.1 Å². The Morgan fingerprint density at radius 1 is 0.952 bits per heavy atom. The summed E-state index contributed by atoms with van der Waals surface area (Å²) in [6.45, 7) is 0.590. The van der Waals surface area contributed by atoms with E-state index in [1.807, 2.05) is 24.3 Å². The van der Waals surface area contributed by atoms with Gasteiger partial charge in [0.05, 0.1) is 13.0 Å². The van der Waals surface area contributed by atoms with Crippen LogP contribution in [-0.4, -0.2) is 17.6 Å². The van der Waals surface area contributed by atoms with Gasteiger partial charge in [-0.2, -0.15) is 0 Å². The lowest BCUT2D eigenvalue weighted by Crippen LogP contribution is -2.27. The highest BCUT2D eigenvalue weighted by Crippen LogP contribution is 2.05. The molecule has 0 saturated heterocycles. The van der Waals surface area contributed by atoms with Gasteiger partial charge in [-0.05, 0) is 35.2 Å². The van der Waals surface area contributed by atoms with Crippen LogP contribution in [-0.2, 0) is 24.2 Å². The predicted octanol–water partition coefficient (Wildman–Crippen LogP) is 2.22. The van der Waals surface area contributed by atoms with Crippen LogP contribution in [0.1, 0.15) is 16.7 Å². The van der Waals surface area contributed by atoms with Gasteiger partial charge >= 0.3 is 0 Å². The van der Waals surface area contributed by atoms with E-state index in [0.717, 1.165) is 23.1 Å². The van der Waals surface area contributed by atoms with Crippen LogP contribution < -0.4 is 5.32 Å². The smallest absolute Gasteiger partial charge is 0.224 e. The van der Waals surface area contributed by atoms with Gasteiger partial charge < -0.3 is 10.4 Å². The van der Waals surface area contributed by atoms with Gasteiger partial charge in [-0.25, -0.2) is 4.39 Å². The van der Waals surface area contributed by atoms with Crippen LogP contribution in [0.25, 0.3) is 0 Å². The molecule has 0 unspecified atom stereocenters. The number of benzene rings is 2. The lowest BCUT2D eigenvalue weighted by molar-refractivity contribution is -0.120. The first-order valence-corrected chi connectivity index (χ1v) is 6.87. The van der Waals surface area contributed by atoms with Crippen molar-refractivity contribution >= 4 is 5.91 Å². The number of rotatable bonds is 6. The second-order valence-corrected chi connectivity index (χ2v) is 4.88. The van der Waals surface area contributed by atoms with Crippen LogP contribution in [0.5, 0.6) is 0 Å². The minimum absolute atomic E-state index is 0.0364. The zero-order valence-corrected chi connectivity index (χ0v) is 11.7. The Hall–Kier alpha value is -2.20. The van der Waals surface area contributed by atoms with Crippen LogP contribution in [0.4, 0.5) is 4.39 Å². The molecule has 2 N–H and O–H groups in total. The van der Waals surface area contributed by atoms with E-state index in [9.17, 15) is 9.18 Å². The molecule has 0 aromatic heterocycles. The van der Waals surface area contributed by atoms with E-state index in [1.54, 1.807) is 12.1 Å². The Balaban J connectivity index is 1.74. The maximum Gasteiger partial charge on any atom is 0.224 e. The number of carbonyl (C=O) groups excluding carboxylic acids is 1. The third kappa shape index (κ3) is 5.00. The van der Waals surface area contributed by atoms with Crippen LogP contribution in [0.15, 0.2) is 48.5 Å². The molecule has 0 saturated carbocycles. The maximum absolute atomic E-state index is 12.8. The summed E-state index contributed by atoms with van der Waals surface area (Å²) in [7, 11) is 0. The number of hydrogen-bond donors (Lipinski definition) is 2. The van der Waals surface area contributed by atoms with Crippen LogP contribution in [0.3, 0.4) is 0 Å². The van der Waals surface area contributed by atoms with Crippen molar-refractivity contribution in [1.82, 2.24) is 5.32 Å². The normalized spacial score (nSPS) is 10.4. The summed E-state index contributed by atoms with van der Waals surface area (Å²) in [5.74, 6) is -0.376. The number of aliphatic hydroxyl groups excluding tert-OH is 1. The Kier molecular flexibility index (Phi) is 5.46. The average molecular weight is 287 g/mol. The Morgan fingerprint density at radius 3 is 2.14 bits per heavy atom. The summed E-state index contributed by atoms with van der Waals surface area (Å²) >= 11 is 0. The summed E-state index contributed by atoms with van der Waals surface area (Å²) in [4.78, 5) is 11.8. The second-order valence-electron chi connectivity index (χ2n) is 4.88. The number of carbonyl (C=O) groups is 1. The molecule has 2 aromatic rings.